The highest BCUT2D eigenvalue weighted by atomic mass is 16.3. The highest BCUT2D eigenvalue weighted by molar-refractivity contribution is 5.91. The number of primary amides is 2. The van der Waals surface area contributed by atoms with Gasteiger partial charge in [0, 0.05) is 5.57 Å². The lowest BCUT2D eigenvalue weighted by Crippen LogP contribution is -2.14. The molecule has 0 aliphatic carbocycles. The number of allylic oxidation sites excluding steroid dienone is 1. The molecule has 0 bridgehead atoms. The van der Waals surface area contributed by atoms with Gasteiger partial charge in [0.1, 0.15) is 0 Å². The molecule has 0 rings (SSSR count). The number of rotatable bonds is 4. The van der Waals surface area contributed by atoms with Crippen molar-refractivity contribution in [1.82, 2.24) is 0 Å². The zero-order chi connectivity index (χ0) is 12.4. The lowest BCUT2D eigenvalue weighted by atomic mass is 10.3. The number of aliphatic hydroxyl groups excluding tert-OH is 2. The molecule has 0 saturated heterocycles. The van der Waals surface area contributed by atoms with Gasteiger partial charge < -0.3 is 21.7 Å². The van der Waals surface area contributed by atoms with E-state index in [1.54, 1.807) is 6.92 Å². The molecule has 0 aromatic rings. The first kappa shape index (κ1) is 15.6. The Morgan fingerprint density at radius 2 is 1.80 bits per heavy atom. The second kappa shape index (κ2) is 8.76. The fourth-order valence-electron chi connectivity index (χ4n) is 0.372. The summed E-state index contributed by atoms with van der Waals surface area (Å²) in [6.07, 6.45) is 1.98. The van der Waals surface area contributed by atoms with Crippen molar-refractivity contribution < 1.29 is 19.8 Å². The molecule has 0 radical (unpaired) electrons. The molecule has 6 N–H and O–H groups in total. The summed E-state index contributed by atoms with van der Waals surface area (Å²) in [5.74, 6) is -1.78. The van der Waals surface area contributed by atoms with E-state index in [9.17, 15) is 9.59 Å². The van der Waals surface area contributed by atoms with Crippen LogP contribution < -0.4 is 11.5 Å². The summed E-state index contributed by atoms with van der Waals surface area (Å²) >= 11 is 0. The van der Waals surface area contributed by atoms with Gasteiger partial charge >= 0.3 is 0 Å². The molecule has 0 atom stereocenters. The number of hydrogen-bond acceptors (Lipinski definition) is 4. The molecule has 0 saturated carbocycles. The topological polar surface area (TPSA) is 127 Å². The minimum absolute atomic E-state index is 0.0417. The van der Waals surface area contributed by atoms with Crippen LogP contribution in [0.2, 0.25) is 0 Å². The van der Waals surface area contributed by atoms with Crippen molar-refractivity contribution in [2.45, 2.75) is 13.3 Å². The van der Waals surface area contributed by atoms with E-state index in [1.165, 1.54) is 6.08 Å². The Kier molecular flexibility index (Phi) is 9.14. The van der Waals surface area contributed by atoms with Gasteiger partial charge in [0.2, 0.25) is 5.91 Å². The minimum Gasteiger partial charge on any atom is -0.503 e. The van der Waals surface area contributed by atoms with Crippen LogP contribution in [0.25, 0.3) is 0 Å². The third kappa shape index (κ3) is 10.1. The van der Waals surface area contributed by atoms with E-state index >= 15 is 0 Å². The molecule has 6 heteroatoms. The van der Waals surface area contributed by atoms with Crippen LogP contribution in [0.1, 0.15) is 13.3 Å². The normalized spacial score (nSPS) is 9.87. The van der Waals surface area contributed by atoms with E-state index in [1.807, 2.05) is 0 Å². The van der Waals surface area contributed by atoms with E-state index in [0.29, 0.717) is 6.42 Å². The quantitative estimate of drug-likeness (QED) is 0.367. The first-order valence-electron chi connectivity index (χ1n) is 4.14. The van der Waals surface area contributed by atoms with Crippen LogP contribution in [0.15, 0.2) is 24.0 Å². The van der Waals surface area contributed by atoms with Gasteiger partial charge in [-0.1, -0.05) is 13.5 Å². The first-order valence-corrected chi connectivity index (χ1v) is 4.14. The molecule has 0 aromatic carbocycles. The van der Waals surface area contributed by atoms with Crippen LogP contribution in [-0.2, 0) is 9.59 Å². The molecule has 0 aliphatic rings. The monoisotopic (exact) mass is 216 g/mol. The van der Waals surface area contributed by atoms with Crippen LogP contribution in [0, 0.1) is 0 Å². The fraction of sp³-hybridized carbons (Fsp3) is 0.333. The van der Waals surface area contributed by atoms with Gasteiger partial charge in [0.05, 0.1) is 6.61 Å². The molecule has 0 aromatic heterocycles. The molecule has 86 valence electrons. The number of aliphatic hydroxyl groups is 2. The summed E-state index contributed by atoms with van der Waals surface area (Å²) in [6.45, 7) is 4.60. The number of carbonyl (C=O) groups excluding carboxylic acids is 2. The van der Waals surface area contributed by atoms with Crippen LogP contribution in [0.4, 0.5) is 0 Å². The van der Waals surface area contributed by atoms with Crippen LogP contribution in [0.5, 0.6) is 0 Å². The summed E-state index contributed by atoms with van der Waals surface area (Å²) in [5.41, 5.74) is 9.35. The van der Waals surface area contributed by atoms with Crippen molar-refractivity contribution in [3.05, 3.63) is 24.0 Å². The standard InChI is InChI=1S/C5H9NO2.C4H7NO2/c1-2-3-4(7)5(6)8;1-3(2-6)4(5)7/h3,7H,2H2,1H3,(H2,6,8);6H,1-2H2,(H2,5,7)/b4-3-;. The molecule has 0 heterocycles. The summed E-state index contributed by atoms with van der Waals surface area (Å²) < 4.78 is 0. The van der Waals surface area contributed by atoms with E-state index in [-0.39, 0.29) is 17.9 Å². The Morgan fingerprint density at radius 1 is 1.33 bits per heavy atom. The van der Waals surface area contributed by atoms with E-state index in [2.05, 4.69) is 18.0 Å². The molecule has 0 spiro atoms. The van der Waals surface area contributed by atoms with Crippen LogP contribution >= 0.6 is 0 Å². The minimum atomic E-state index is -0.771. The molecule has 0 aliphatic heterocycles. The van der Waals surface area contributed by atoms with Crippen molar-refractivity contribution in [2.75, 3.05) is 6.61 Å². The summed E-state index contributed by atoms with van der Waals surface area (Å²) in [4.78, 5) is 19.9. The van der Waals surface area contributed by atoms with Crippen molar-refractivity contribution in [3.8, 4) is 0 Å². The maximum atomic E-state index is 9.99. The van der Waals surface area contributed by atoms with Gasteiger partial charge in [-0.3, -0.25) is 9.59 Å². The molecule has 2 amide bonds. The van der Waals surface area contributed by atoms with Crippen LogP contribution in [-0.4, -0.2) is 28.6 Å². The average Bonchev–Trinajstić information content (AvgIpc) is 2.17. The highest BCUT2D eigenvalue weighted by Gasteiger charge is 1.96. The van der Waals surface area contributed by atoms with Gasteiger partial charge in [-0.2, -0.15) is 0 Å². The third-order valence-corrected chi connectivity index (χ3v) is 1.19. The Bertz CT molecular complexity index is 271. The number of nitrogens with two attached hydrogens (primary N) is 2. The van der Waals surface area contributed by atoms with Gasteiger partial charge in [-0.25, -0.2) is 0 Å². The second-order valence-corrected chi connectivity index (χ2v) is 2.49. The zero-order valence-corrected chi connectivity index (χ0v) is 8.56. The lowest BCUT2D eigenvalue weighted by molar-refractivity contribution is -0.117. The molecule has 15 heavy (non-hydrogen) atoms. The van der Waals surface area contributed by atoms with Gasteiger partial charge in [-0.05, 0) is 12.5 Å². The molecular formula is C9H16N2O4. The summed E-state index contributed by atoms with van der Waals surface area (Å²) in [6, 6.07) is 0. The summed E-state index contributed by atoms with van der Waals surface area (Å²) in [5, 5.41) is 16.6. The Labute approximate surface area is 87.9 Å². The Balaban J connectivity index is 0. The maximum absolute atomic E-state index is 9.99. The number of hydrogen-bond donors (Lipinski definition) is 4. The van der Waals surface area contributed by atoms with Crippen molar-refractivity contribution >= 4 is 11.8 Å². The van der Waals surface area contributed by atoms with E-state index in [4.69, 9.17) is 10.2 Å². The molecule has 0 unspecified atom stereocenters. The second-order valence-electron chi connectivity index (χ2n) is 2.49. The first-order chi connectivity index (χ1) is 6.86. The van der Waals surface area contributed by atoms with Gasteiger partial charge in [0.25, 0.3) is 5.91 Å². The Hall–Kier alpha value is -1.82. The zero-order valence-electron chi connectivity index (χ0n) is 8.56. The lowest BCUT2D eigenvalue weighted by Gasteiger charge is -1.88. The third-order valence-electron chi connectivity index (χ3n) is 1.19. The maximum Gasteiger partial charge on any atom is 0.283 e. The molecule has 6 nitrogen and oxygen atoms in total. The number of amides is 2. The van der Waals surface area contributed by atoms with Crippen molar-refractivity contribution in [1.29, 1.82) is 0 Å². The SMILES string of the molecule is C=C(CO)C(N)=O.CC/C=C(\O)C(N)=O. The molecular weight excluding hydrogens is 200 g/mol. The predicted molar refractivity (Wildman–Crippen MR) is 55.6 cm³/mol. The average molecular weight is 216 g/mol. The smallest absolute Gasteiger partial charge is 0.283 e. The van der Waals surface area contributed by atoms with Gasteiger partial charge in [-0.15, -0.1) is 0 Å². The van der Waals surface area contributed by atoms with E-state index in [0.717, 1.165) is 0 Å². The van der Waals surface area contributed by atoms with Crippen molar-refractivity contribution in [2.24, 2.45) is 11.5 Å². The summed E-state index contributed by atoms with van der Waals surface area (Å²) in [7, 11) is 0. The Morgan fingerprint density at radius 3 is 1.87 bits per heavy atom. The van der Waals surface area contributed by atoms with Crippen LogP contribution in [0.3, 0.4) is 0 Å². The molecule has 0 fully saturated rings. The number of carbonyl (C=O) groups is 2. The highest BCUT2D eigenvalue weighted by Crippen LogP contribution is 1.87. The largest absolute Gasteiger partial charge is 0.503 e. The predicted octanol–water partition coefficient (Wildman–Crippen LogP) is -0.656. The van der Waals surface area contributed by atoms with Gasteiger partial charge in [0.15, 0.2) is 5.76 Å². The fourth-order valence-corrected chi connectivity index (χ4v) is 0.372. The van der Waals surface area contributed by atoms with Crippen molar-refractivity contribution in [3.63, 3.8) is 0 Å². The van der Waals surface area contributed by atoms with E-state index < -0.39 is 11.8 Å².